The first-order chi connectivity index (χ1) is 23.0. The zero-order valence-electron chi connectivity index (χ0n) is 27.1. The Morgan fingerprint density at radius 2 is 0.953 bits per heavy atom. The lowest BCUT2D eigenvalue weighted by atomic mass is 9.85. The van der Waals surface area contributed by atoms with E-state index in [2.05, 4.69) is 36.4 Å². The van der Waals surface area contributed by atoms with E-state index in [-0.39, 0.29) is 24.2 Å². The maximum Gasteiger partial charge on any atom is 0.143 e. The van der Waals surface area contributed by atoms with Crippen molar-refractivity contribution in [2.24, 2.45) is 0 Å². The van der Waals surface area contributed by atoms with Crippen LogP contribution in [-0.2, 0) is 0 Å². The molecule has 1 nitrogen and oxygen atoms in total. The average molecular weight is 551 g/mol. The van der Waals surface area contributed by atoms with Crippen LogP contribution in [0.5, 0.6) is 0 Å². The van der Waals surface area contributed by atoms with Gasteiger partial charge in [0.25, 0.3) is 0 Å². The molecule has 1 aromatic heterocycles. The molecule has 8 aromatic carbocycles. The molecule has 0 aliphatic carbocycles. The molecule has 1 heterocycles. The predicted molar refractivity (Wildman–Crippen MR) is 183 cm³/mol. The highest BCUT2D eigenvalue weighted by Crippen LogP contribution is 2.46. The Labute approximate surface area is 254 Å². The van der Waals surface area contributed by atoms with E-state index in [1.165, 1.54) is 0 Å². The Morgan fingerprint density at radius 1 is 0.419 bits per heavy atom. The van der Waals surface area contributed by atoms with Crippen LogP contribution < -0.4 is 0 Å². The van der Waals surface area contributed by atoms with Crippen molar-refractivity contribution in [1.82, 2.24) is 0 Å². The minimum absolute atomic E-state index is 0.0785. The van der Waals surface area contributed by atoms with Crippen molar-refractivity contribution in [3.63, 3.8) is 0 Å². The molecule has 0 radical (unpaired) electrons. The number of para-hydroxylation sites is 2. The highest BCUT2D eigenvalue weighted by molar-refractivity contribution is 6.24. The number of hydrogen-bond donors (Lipinski definition) is 0. The quantitative estimate of drug-likeness (QED) is 0.199. The van der Waals surface area contributed by atoms with Crippen LogP contribution in [0.2, 0.25) is 0 Å². The summed E-state index contributed by atoms with van der Waals surface area (Å²) in [5.74, 6) is 0. The molecule has 0 bridgehead atoms. The van der Waals surface area contributed by atoms with E-state index in [9.17, 15) is 2.74 Å². The topological polar surface area (TPSA) is 13.1 Å². The molecule has 9 aromatic rings. The van der Waals surface area contributed by atoms with Crippen LogP contribution in [0.4, 0.5) is 0 Å². The lowest BCUT2D eigenvalue weighted by Gasteiger charge is -2.18. The zero-order valence-corrected chi connectivity index (χ0v) is 23.1. The second kappa shape index (κ2) is 9.44. The summed E-state index contributed by atoms with van der Waals surface area (Å²) in [6.45, 7) is 0. The zero-order chi connectivity index (χ0) is 31.8. The third-order valence-corrected chi connectivity index (χ3v) is 8.54. The van der Waals surface area contributed by atoms with Crippen molar-refractivity contribution in [3.8, 4) is 33.4 Å². The highest BCUT2D eigenvalue weighted by Gasteiger charge is 2.20. The van der Waals surface area contributed by atoms with E-state index in [0.29, 0.717) is 11.1 Å². The summed E-state index contributed by atoms with van der Waals surface area (Å²) < 4.78 is 43.4. The molecule has 9 rings (SSSR count). The van der Waals surface area contributed by atoms with Crippen molar-refractivity contribution < 1.29 is 9.90 Å². The molecule has 0 atom stereocenters. The van der Waals surface area contributed by atoms with Gasteiger partial charge >= 0.3 is 0 Å². The number of rotatable bonds is 3. The minimum atomic E-state index is -0.191. The molecule has 43 heavy (non-hydrogen) atoms. The van der Waals surface area contributed by atoms with Crippen LogP contribution in [0.3, 0.4) is 0 Å². The van der Waals surface area contributed by atoms with Gasteiger partial charge < -0.3 is 4.42 Å². The molecule has 0 aliphatic heterocycles. The first-order valence-electron chi connectivity index (χ1n) is 16.5. The number of hydrogen-bond acceptors (Lipinski definition) is 1. The third kappa shape index (κ3) is 3.65. The van der Waals surface area contributed by atoms with Crippen LogP contribution >= 0.6 is 0 Å². The SMILES string of the molecule is [2H]c1c([2H])c(-c2cccc3ccccc23)c([2H])c(-c2c3ccccc3c(-c3cccc4c3oc3ccccc34)c3ccccc23)c1[2H]. The molecule has 0 N–H and O–H groups in total. The fraction of sp³-hybridized carbons (Fsp3) is 0. The summed E-state index contributed by atoms with van der Waals surface area (Å²) in [6, 6.07) is 44.0. The Morgan fingerprint density at radius 3 is 1.72 bits per heavy atom. The van der Waals surface area contributed by atoms with Gasteiger partial charge in [0.2, 0.25) is 0 Å². The smallest absolute Gasteiger partial charge is 0.143 e. The number of fused-ring (bicyclic) bond motifs is 6. The van der Waals surface area contributed by atoms with Gasteiger partial charge in [-0.2, -0.15) is 0 Å². The first-order valence-corrected chi connectivity index (χ1v) is 14.5. The average Bonchev–Trinajstić information content (AvgIpc) is 3.50. The minimum Gasteiger partial charge on any atom is -0.455 e. The Balaban J connectivity index is 1.43. The molecule has 0 fully saturated rings. The second-order valence-corrected chi connectivity index (χ2v) is 10.9. The van der Waals surface area contributed by atoms with E-state index in [1.807, 2.05) is 97.1 Å². The van der Waals surface area contributed by atoms with Gasteiger partial charge in [0, 0.05) is 21.9 Å². The predicted octanol–water partition coefficient (Wildman–Crippen LogP) is 12.0. The summed E-state index contributed by atoms with van der Waals surface area (Å²) in [4.78, 5) is 0. The molecule has 0 unspecified atom stereocenters. The van der Waals surface area contributed by atoms with E-state index in [1.54, 1.807) is 0 Å². The Kier molecular flexibility index (Phi) is 4.45. The molecule has 200 valence electrons. The van der Waals surface area contributed by atoms with Gasteiger partial charge in [-0.1, -0.05) is 146 Å². The largest absolute Gasteiger partial charge is 0.455 e. The van der Waals surface area contributed by atoms with Crippen LogP contribution in [0.25, 0.3) is 87.6 Å². The van der Waals surface area contributed by atoms with Gasteiger partial charge in [-0.3, -0.25) is 0 Å². The standard InChI is InChI=1S/C42H26O/c1-2-16-30-27(12-1)13-10-22-31(30)28-14-9-15-29(26-28)40-33-18-3-5-20-35(33)41(36-21-6-4-19-34(36)40)38-24-11-23-37-32-17-7-8-25-39(32)43-42(37)38/h1-26H/i9D,14D,15D,26D. The van der Waals surface area contributed by atoms with Crippen LogP contribution in [0.15, 0.2) is 162 Å². The lowest BCUT2D eigenvalue weighted by molar-refractivity contribution is 0.670. The summed E-state index contributed by atoms with van der Waals surface area (Å²) in [5, 5.41) is 7.67. The lowest BCUT2D eigenvalue weighted by Crippen LogP contribution is -1.91. The molecular formula is C42H26O. The normalized spacial score (nSPS) is 13.0. The Hall–Kier alpha value is -5.66. The first kappa shape index (κ1) is 20.3. The summed E-state index contributed by atoms with van der Waals surface area (Å²) >= 11 is 0. The van der Waals surface area contributed by atoms with E-state index >= 15 is 0 Å². The molecule has 0 aliphatic rings. The maximum atomic E-state index is 9.67. The van der Waals surface area contributed by atoms with E-state index in [0.717, 1.165) is 76.5 Å². The summed E-state index contributed by atoms with van der Waals surface area (Å²) in [5.41, 5.74) is 5.78. The van der Waals surface area contributed by atoms with E-state index in [4.69, 9.17) is 7.16 Å². The van der Waals surface area contributed by atoms with Gasteiger partial charge in [0.05, 0.1) is 5.48 Å². The van der Waals surface area contributed by atoms with Crippen molar-refractivity contribution in [1.29, 1.82) is 0 Å². The molecule has 1 heteroatoms. The van der Waals surface area contributed by atoms with Crippen LogP contribution in [0, 0.1) is 0 Å². The third-order valence-electron chi connectivity index (χ3n) is 8.54. The molecule has 0 spiro atoms. The van der Waals surface area contributed by atoms with Gasteiger partial charge in [0.15, 0.2) is 0 Å². The van der Waals surface area contributed by atoms with Gasteiger partial charge in [-0.25, -0.2) is 0 Å². The van der Waals surface area contributed by atoms with Crippen molar-refractivity contribution >= 4 is 54.3 Å². The van der Waals surface area contributed by atoms with Crippen molar-refractivity contribution in [2.45, 2.75) is 0 Å². The fourth-order valence-electron chi connectivity index (χ4n) is 6.68. The maximum absolute atomic E-state index is 9.67. The molecule has 0 saturated heterocycles. The van der Waals surface area contributed by atoms with E-state index < -0.39 is 0 Å². The fourth-order valence-corrected chi connectivity index (χ4v) is 6.68. The van der Waals surface area contributed by atoms with Crippen LogP contribution in [-0.4, -0.2) is 0 Å². The number of benzene rings is 8. The second-order valence-electron chi connectivity index (χ2n) is 10.9. The molecule has 0 saturated carbocycles. The monoisotopic (exact) mass is 550 g/mol. The highest BCUT2D eigenvalue weighted by atomic mass is 16.3. The van der Waals surface area contributed by atoms with Crippen molar-refractivity contribution in [3.05, 3.63) is 158 Å². The summed E-state index contributed by atoms with van der Waals surface area (Å²) in [7, 11) is 0. The number of furan rings is 1. The van der Waals surface area contributed by atoms with Gasteiger partial charge in [-0.05, 0) is 66.7 Å². The molecule has 0 amide bonds. The summed E-state index contributed by atoms with van der Waals surface area (Å²) in [6.07, 6.45) is 0. The van der Waals surface area contributed by atoms with Gasteiger partial charge in [-0.15, -0.1) is 0 Å². The van der Waals surface area contributed by atoms with Gasteiger partial charge in [0.1, 0.15) is 11.2 Å². The van der Waals surface area contributed by atoms with Crippen LogP contribution in [0.1, 0.15) is 5.48 Å². The Bertz CT molecular complexity index is 2680. The molecular weight excluding hydrogens is 520 g/mol. The van der Waals surface area contributed by atoms with Crippen molar-refractivity contribution in [2.75, 3.05) is 0 Å².